The third-order valence-corrected chi connectivity index (χ3v) is 2.71. The first-order valence-electron chi connectivity index (χ1n) is 5.20. The highest BCUT2D eigenvalue weighted by Crippen LogP contribution is 2.06. The number of morpholine rings is 1. The van der Waals surface area contributed by atoms with Crippen LogP contribution in [0.5, 0.6) is 0 Å². The Hall–Kier alpha value is 0.360. The molecule has 0 N–H and O–H groups in total. The third-order valence-electron chi connectivity index (χ3n) is 2.42. The number of hydrogen-bond donors (Lipinski definition) is 0. The molecule has 1 heterocycles. The molecule has 0 spiro atoms. The van der Waals surface area contributed by atoms with Gasteiger partial charge in [0, 0.05) is 31.0 Å². The molecule has 1 saturated heterocycles. The zero-order valence-electron chi connectivity index (χ0n) is 9.37. The van der Waals surface area contributed by atoms with Crippen LogP contribution in [-0.2, 0) is 4.74 Å². The summed E-state index contributed by atoms with van der Waals surface area (Å²) in [6.45, 7) is 7.27. The largest absolute Gasteiger partial charge is 0.374 e. The number of ether oxygens (including phenoxy) is 1. The third kappa shape index (κ3) is 4.73. The maximum atomic E-state index is 5.70. The molecule has 14 heavy (non-hydrogen) atoms. The Morgan fingerprint density at radius 1 is 1.64 bits per heavy atom. The predicted molar refractivity (Wildman–Crippen MR) is 63.1 cm³/mol. The lowest BCUT2D eigenvalue weighted by atomic mass is 10.2. The van der Waals surface area contributed by atoms with Crippen LogP contribution in [0.15, 0.2) is 0 Å². The Balaban J connectivity index is 2.21. The van der Waals surface area contributed by atoms with Gasteiger partial charge in [-0.15, -0.1) is 0 Å². The van der Waals surface area contributed by atoms with E-state index in [1.807, 2.05) is 0 Å². The molecule has 2 unspecified atom stereocenters. The lowest BCUT2D eigenvalue weighted by Crippen LogP contribution is -2.45. The van der Waals surface area contributed by atoms with E-state index in [0.29, 0.717) is 10.9 Å². The van der Waals surface area contributed by atoms with E-state index in [9.17, 15) is 0 Å². The van der Waals surface area contributed by atoms with Gasteiger partial charge < -0.3 is 14.5 Å². The van der Waals surface area contributed by atoms with Crippen molar-refractivity contribution in [3.05, 3.63) is 0 Å². The van der Waals surface area contributed by atoms with E-state index in [1.165, 1.54) is 0 Å². The molecular weight excluding hydrogens is 244 g/mol. The maximum absolute atomic E-state index is 5.70. The molecule has 1 fully saturated rings. The van der Waals surface area contributed by atoms with Gasteiger partial charge in [-0.1, -0.05) is 22.9 Å². The molecule has 1 aliphatic heterocycles. The van der Waals surface area contributed by atoms with Gasteiger partial charge >= 0.3 is 0 Å². The van der Waals surface area contributed by atoms with Crippen molar-refractivity contribution < 1.29 is 4.74 Å². The van der Waals surface area contributed by atoms with Crippen molar-refractivity contribution in [1.29, 1.82) is 0 Å². The molecule has 0 aromatic rings. The van der Waals surface area contributed by atoms with Gasteiger partial charge in [-0.3, -0.25) is 0 Å². The minimum absolute atomic E-state index is 0.380. The lowest BCUT2D eigenvalue weighted by molar-refractivity contribution is -0.0322. The van der Waals surface area contributed by atoms with Gasteiger partial charge in [-0.2, -0.15) is 0 Å². The van der Waals surface area contributed by atoms with Gasteiger partial charge in [0.15, 0.2) is 0 Å². The van der Waals surface area contributed by atoms with Crippen LogP contribution in [0.3, 0.4) is 0 Å². The van der Waals surface area contributed by atoms with E-state index in [-0.39, 0.29) is 0 Å². The molecule has 0 radical (unpaired) electrons. The number of nitrogens with zero attached hydrogens (tertiary/aromatic N) is 2. The van der Waals surface area contributed by atoms with Gasteiger partial charge in [-0.25, -0.2) is 0 Å². The van der Waals surface area contributed by atoms with Gasteiger partial charge in [0.25, 0.3) is 0 Å². The molecule has 0 saturated carbocycles. The molecular formula is C10H21BrN2O. The SMILES string of the molecule is CC(Br)CN(C)CC1CN(C)CCO1. The lowest BCUT2D eigenvalue weighted by Gasteiger charge is -2.32. The number of likely N-dealkylation sites (N-methyl/N-ethyl adjacent to an activating group) is 2. The Labute approximate surface area is 95.5 Å². The van der Waals surface area contributed by atoms with E-state index < -0.39 is 0 Å². The van der Waals surface area contributed by atoms with E-state index in [0.717, 1.165) is 32.8 Å². The number of halogens is 1. The summed E-state index contributed by atoms with van der Waals surface area (Å²) in [5, 5.41) is 0. The Kier molecular flexibility index (Phi) is 5.38. The minimum atomic E-state index is 0.380. The molecule has 84 valence electrons. The van der Waals surface area contributed by atoms with E-state index >= 15 is 0 Å². The second kappa shape index (κ2) is 6.05. The zero-order chi connectivity index (χ0) is 10.6. The average Bonchev–Trinajstić information content (AvgIpc) is 2.01. The smallest absolute Gasteiger partial charge is 0.0829 e. The molecule has 4 heteroatoms. The Morgan fingerprint density at radius 2 is 2.36 bits per heavy atom. The normalized spacial score (nSPS) is 26.8. The summed E-state index contributed by atoms with van der Waals surface area (Å²) in [6.07, 6.45) is 0.380. The number of hydrogen-bond acceptors (Lipinski definition) is 3. The Morgan fingerprint density at radius 3 is 2.93 bits per heavy atom. The molecule has 0 aromatic heterocycles. The molecule has 0 bridgehead atoms. The van der Waals surface area contributed by atoms with Crippen molar-refractivity contribution in [1.82, 2.24) is 9.80 Å². The van der Waals surface area contributed by atoms with Crippen LogP contribution >= 0.6 is 15.9 Å². The van der Waals surface area contributed by atoms with Crippen LogP contribution in [-0.4, -0.2) is 67.6 Å². The second-order valence-corrected chi connectivity index (χ2v) is 5.82. The van der Waals surface area contributed by atoms with Crippen molar-refractivity contribution in [2.45, 2.75) is 17.9 Å². The van der Waals surface area contributed by atoms with Gasteiger partial charge in [0.2, 0.25) is 0 Å². The van der Waals surface area contributed by atoms with Crippen molar-refractivity contribution in [2.24, 2.45) is 0 Å². The van der Waals surface area contributed by atoms with E-state index in [2.05, 4.69) is 46.7 Å². The average molecular weight is 265 g/mol. The van der Waals surface area contributed by atoms with Crippen LogP contribution in [0.4, 0.5) is 0 Å². The number of alkyl halides is 1. The van der Waals surface area contributed by atoms with E-state index in [4.69, 9.17) is 4.74 Å². The van der Waals surface area contributed by atoms with Crippen LogP contribution in [0.25, 0.3) is 0 Å². The standard InChI is InChI=1S/C10H21BrN2O/c1-9(11)6-13(3)8-10-7-12(2)4-5-14-10/h9-10H,4-8H2,1-3H3. The van der Waals surface area contributed by atoms with E-state index in [1.54, 1.807) is 0 Å². The molecule has 2 atom stereocenters. The highest BCUT2D eigenvalue weighted by molar-refractivity contribution is 9.09. The summed E-state index contributed by atoms with van der Waals surface area (Å²) in [5.41, 5.74) is 0. The van der Waals surface area contributed by atoms with Crippen molar-refractivity contribution in [3.8, 4) is 0 Å². The summed E-state index contributed by atoms with van der Waals surface area (Å²) in [4.78, 5) is 5.21. The van der Waals surface area contributed by atoms with Crippen LogP contribution in [0, 0.1) is 0 Å². The topological polar surface area (TPSA) is 15.7 Å². The minimum Gasteiger partial charge on any atom is -0.374 e. The highest BCUT2D eigenvalue weighted by Gasteiger charge is 2.19. The summed E-state index contributed by atoms with van der Waals surface area (Å²) >= 11 is 3.56. The first-order valence-corrected chi connectivity index (χ1v) is 6.12. The molecule has 0 aliphatic carbocycles. The predicted octanol–water partition coefficient (Wildman–Crippen LogP) is 1.03. The fourth-order valence-corrected chi connectivity index (χ4v) is 2.32. The fraction of sp³-hybridized carbons (Fsp3) is 1.00. The van der Waals surface area contributed by atoms with Crippen molar-refractivity contribution in [2.75, 3.05) is 46.9 Å². The van der Waals surface area contributed by atoms with Crippen LogP contribution in [0.2, 0.25) is 0 Å². The van der Waals surface area contributed by atoms with Crippen molar-refractivity contribution >= 4 is 15.9 Å². The zero-order valence-corrected chi connectivity index (χ0v) is 11.0. The molecule has 0 amide bonds. The highest BCUT2D eigenvalue weighted by atomic mass is 79.9. The second-order valence-electron chi connectivity index (χ2n) is 4.26. The summed E-state index contributed by atoms with van der Waals surface area (Å²) < 4.78 is 5.70. The maximum Gasteiger partial charge on any atom is 0.0829 e. The van der Waals surface area contributed by atoms with Gasteiger partial charge in [-0.05, 0) is 14.1 Å². The fourth-order valence-electron chi connectivity index (χ4n) is 1.83. The van der Waals surface area contributed by atoms with Crippen LogP contribution < -0.4 is 0 Å². The molecule has 1 rings (SSSR count). The summed E-state index contributed by atoms with van der Waals surface area (Å²) in [6, 6.07) is 0. The number of rotatable bonds is 4. The summed E-state index contributed by atoms with van der Waals surface area (Å²) in [5.74, 6) is 0. The first kappa shape index (κ1) is 12.4. The summed E-state index contributed by atoms with van der Waals surface area (Å²) in [7, 11) is 4.30. The molecule has 3 nitrogen and oxygen atoms in total. The van der Waals surface area contributed by atoms with Gasteiger partial charge in [0.1, 0.15) is 0 Å². The van der Waals surface area contributed by atoms with Crippen LogP contribution in [0.1, 0.15) is 6.92 Å². The Bertz CT molecular complexity index is 166. The molecule has 0 aromatic carbocycles. The quantitative estimate of drug-likeness (QED) is 0.706. The van der Waals surface area contributed by atoms with Crippen molar-refractivity contribution in [3.63, 3.8) is 0 Å². The van der Waals surface area contributed by atoms with Gasteiger partial charge in [0.05, 0.1) is 12.7 Å². The first-order chi connectivity index (χ1) is 6.58. The molecule has 1 aliphatic rings. The monoisotopic (exact) mass is 264 g/mol.